The number of amides is 4. The molecule has 1 aliphatic heterocycles. The molecule has 1 atom stereocenters. The highest BCUT2D eigenvalue weighted by Crippen LogP contribution is 2.27. The summed E-state index contributed by atoms with van der Waals surface area (Å²) < 4.78 is 31.5. The Bertz CT molecular complexity index is 670. The third kappa shape index (κ3) is 3.44. The van der Waals surface area contributed by atoms with Crippen molar-refractivity contribution >= 4 is 18.0 Å². The minimum absolute atomic E-state index is 0.267. The number of rotatable bonds is 4. The minimum Gasteiger partial charge on any atom is -0.444 e. The van der Waals surface area contributed by atoms with Gasteiger partial charge in [-0.25, -0.2) is 14.3 Å². The highest BCUT2D eigenvalue weighted by atomic mass is 19.3. The fraction of sp³-hybridized carbons (Fsp3) is 0.538. The van der Waals surface area contributed by atoms with Crippen molar-refractivity contribution in [2.75, 3.05) is 6.54 Å². The van der Waals surface area contributed by atoms with Gasteiger partial charge >= 0.3 is 18.7 Å². The second-order valence-electron chi connectivity index (χ2n) is 6.11. The lowest BCUT2D eigenvalue weighted by atomic mass is 9.95. The molecule has 1 fully saturated rings. The van der Waals surface area contributed by atoms with Gasteiger partial charge in [-0.15, -0.1) is 0 Å². The Labute approximate surface area is 135 Å². The molecule has 2 heterocycles. The third-order valence-electron chi connectivity index (χ3n) is 3.13. The third-order valence-corrected chi connectivity index (χ3v) is 3.13. The van der Waals surface area contributed by atoms with Gasteiger partial charge in [0.05, 0.1) is 12.2 Å². The summed E-state index contributed by atoms with van der Waals surface area (Å²) in [6.07, 6.45) is 0.202. The van der Waals surface area contributed by atoms with Crippen LogP contribution in [-0.2, 0) is 15.1 Å². The summed E-state index contributed by atoms with van der Waals surface area (Å²) in [7, 11) is 0. The van der Waals surface area contributed by atoms with Gasteiger partial charge in [-0.1, -0.05) is 0 Å². The van der Waals surface area contributed by atoms with Gasteiger partial charge in [-0.2, -0.15) is 13.9 Å². The summed E-state index contributed by atoms with van der Waals surface area (Å²) in [5.41, 5.74) is -2.97. The number of carbonyl (C=O) groups excluding carboxylic acids is 3. The van der Waals surface area contributed by atoms with E-state index < -0.39 is 42.3 Å². The van der Waals surface area contributed by atoms with E-state index in [-0.39, 0.29) is 5.69 Å². The van der Waals surface area contributed by atoms with Crippen LogP contribution >= 0.6 is 0 Å². The predicted molar refractivity (Wildman–Crippen MR) is 76.1 cm³/mol. The maximum Gasteiger partial charge on any atom is 0.407 e. The van der Waals surface area contributed by atoms with Gasteiger partial charge < -0.3 is 15.4 Å². The summed E-state index contributed by atoms with van der Waals surface area (Å²) in [4.78, 5) is 35.5. The molecule has 1 aromatic heterocycles. The molecule has 1 aromatic rings. The van der Waals surface area contributed by atoms with Crippen molar-refractivity contribution in [2.45, 2.75) is 38.5 Å². The summed E-state index contributed by atoms with van der Waals surface area (Å²) in [6.45, 7) is 1.39. The number of alkyl carbamates (subject to hydrolysis) is 1. The molecule has 0 bridgehead atoms. The number of hydrogen-bond acceptors (Lipinski definition) is 5. The van der Waals surface area contributed by atoms with Crippen molar-refractivity contribution in [1.29, 1.82) is 0 Å². The quantitative estimate of drug-likeness (QED) is 0.700. The van der Waals surface area contributed by atoms with E-state index >= 15 is 0 Å². The van der Waals surface area contributed by atoms with Gasteiger partial charge in [0.25, 0.3) is 5.91 Å². The van der Waals surface area contributed by atoms with E-state index in [9.17, 15) is 23.2 Å². The standard InChI is InChI=1S/C13H17F2N5O4/c1-12(2,3)24-11(23)16-6-13(8(21)18-10(22)19-13)7-4-5-17-20(7)9(14)15/h4-5,9H,6H2,1-3H3,(H,16,23)(H2,18,19,21,22)/t13-/m1/s1. The maximum atomic E-state index is 13.1. The molecule has 11 heteroatoms. The normalized spacial score (nSPS) is 20.8. The number of carbonyl (C=O) groups is 3. The average molecular weight is 345 g/mol. The largest absolute Gasteiger partial charge is 0.444 e. The average Bonchev–Trinajstić information content (AvgIpc) is 3.00. The van der Waals surface area contributed by atoms with Gasteiger partial charge in [0.1, 0.15) is 5.60 Å². The number of imide groups is 1. The van der Waals surface area contributed by atoms with Crippen LogP contribution in [-0.4, -0.2) is 40.0 Å². The first kappa shape index (κ1) is 17.6. The Morgan fingerprint density at radius 3 is 2.62 bits per heavy atom. The summed E-state index contributed by atoms with van der Waals surface area (Å²) >= 11 is 0. The molecule has 0 aromatic carbocycles. The van der Waals surface area contributed by atoms with Crippen molar-refractivity contribution in [1.82, 2.24) is 25.7 Å². The predicted octanol–water partition coefficient (Wildman–Crippen LogP) is 0.838. The first-order chi connectivity index (χ1) is 11.0. The monoisotopic (exact) mass is 345 g/mol. The number of hydrogen-bond donors (Lipinski definition) is 3. The fourth-order valence-corrected chi connectivity index (χ4v) is 2.21. The van der Waals surface area contributed by atoms with Crippen LogP contribution in [0.2, 0.25) is 0 Å². The van der Waals surface area contributed by atoms with Crippen molar-refractivity contribution in [3.63, 3.8) is 0 Å². The molecule has 1 aliphatic rings. The van der Waals surface area contributed by atoms with E-state index in [0.717, 1.165) is 12.3 Å². The number of urea groups is 1. The van der Waals surface area contributed by atoms with Crippen molar-refractivity contribution in [2.24, 2.45) is 0 Å². The molecule has 0 radical (unpaired) electrons. The number of nitrogens with one attached hydrogen (secondary N) is 3. The number of ether oxygens (including phenoxy) is 1. The molecule has 132 valence electrons. The lowest BCUT2D eigenvalue weighted by Gasteiger charge is -2.28. The molecule has 2 rings (SSSR count). The van der Waals surface area contributed by atoms with Crippen LogP contribution in [0.4, 0.5) is 18.4 Å². The molecule has 3 N–H and O–H groups in total. The second kappa shape index (κ2) is 6.06. The van der Waals surface area contributed by atoms with Crippen LogP contribution in [0.3, 0.4) is 0 Å². The van der Waals surface area contributed by atoms with Crippen molar-refractivity contribution in [3.8, 4) is 0 Å². The van der Waals surface area contributed by atoms with Crippen molar-refractivity contribution < 1.29 is 27.9 Å². The molecule has 9 nitrogen and oxygen atoms in total. The Balaban J connectivity index is 2.29. The van der Waals surface area contributed by atoms with Gasteiger partial charge in [-0.3, -0.25) is 10.1 Å². The minimum atomic E-state index is -3.03. The van der Waals surface area contributed by atoms with Crippen LogP contribution in [0.1, 0.15) is 33.0 Å². The first-order valence-corrected chi connectivity index (χ1v) is 6.98. The number of nitrogens with zero attached hydrogens (tertiary/aromatic N) is 2. The SMILES string of the molecule is CC(C)(C)OC(=O)NC[C@]1(c2ccnn2C(F)F)NC(=O)NC1=O. The molecule has 0 unspecified atom stereocenters. The van der Waals surface area contributed by atoms with Crippen LogP contribution in [0.15, 0.2) is 12.3 Å². The van der Waals surface area contributed by atoms with E-state index in [1.807, 2.05) is 5.32 Å². The summed E-state index contributed by atoms with van der Waals surface area (Å²) in [6, 6.07) is 0.293. The fourth-order valence-electron chi connectivity index (χ4n) is 2.21. The molecule has 0 aliphatic carbocycles. The zero-order valence-electron chi connectivity index (χ0n) is 13.2. The number of alkyl halides is 2. The molecular formula is C13H17F2N5O4. The van der Waals surface area contributed by atoms with Crippen molar-refractivity contribution in [3.05, 3.63) is 18.0 Å². The first-order valence-electron chi connectivity index (χ1n) is 6.98. The second-order valence-corrected chi connectivity index (χ2v) is 6.11. The molecule has 4 amide bonds. The highest BCUT2D eigenvalue weighted by molar-refractivity contribution is 6.07. The topological polar surface area (TPSA) is 114 Å². The van der Waals surface area contributed by atoms with Gasteiger partial charge in [0.15, 0.2) is 5.54 Å². The van der Waals surface area contributed by atoms with E-state index in [4.69, 9.17) is 4.74 Å². The van der Waals surface area contributed by atoms with Crippen LogP contribution in [0.5, 0.6) is 0 Å². The van der Waals surface area contributed by atoms with E-state index in [1.165, 1.54) is 0 Å². The number of halogens is 2. The molecule has 24 heavy (non-hydrogen) atoms. The highest BCUT2D eigenvalue weighted by Gasteiger charge is 2.51. The Kier molecular flexibility index (Phi) is 4.45. The van der Waals surface area contributed by atoms with E-state index in [1.54, 1.807) is 20.8 Å². The summed E-state index contributed by atoms with van der Waals surface area (Å²) in [5.74, 6) is -0.883. The zero-order valence-corrected chi connectivity index (χ0v) is 13.2. The van der Waals surface area contributed by atoms with Crippen LogP contribution in [0, 0.1) is 0 Å². The summed E-state index contributed by atoms with van der Waals surface area (Å²) in [5, 5.41) is 9.98. The van der Waals surface area contributed by atoms with Gasteiger partial charge in [-0.05, 0) is 26.8 Å². The molecule has 0 saturated carbocycles. The number of aromatic nitrogens is 2. The van der Waals surface area contributed by atoms with Gasteiger partial charge in [0, 0.05) is 6.20 Å². The lowest BCUT2D eigenvalue weighted by molar-refractivity contribution is -0.124. The lowest BCUT2D eigenvalue weighted by Crippen LogP contribution is -2.54. The Hall–Kier alpha value is -2.72. The molecule has 0 spiro atoms. The molecule has 1 saturated heterocycles. The molecular weight excluding hydrogens is 328 g/mol. The maximum absolute atomic E-state index is 13.1. The van der Waals surface area contributed by atoms with Gasteiger partial charge in [0.2, 0.25) is 0 Å². The zero-order chi connectivity index (χ0) is 18.1. The van der Waals surface area contributed by atoms with Crippen LogP contribution in [0.25, 0.3) is 0 Å². The Morgan fingerprint density at radius 2 is 2.12 bits per heavy atom. The van der Waals surface area contributed by atoms with E-state index in [2.05, 4.69) is 15.7 Å². The van der Waals surface area contributed by atoms with Crippen LogP contribution < -0.4 is 16.0 Å². The van der Waals surface area contributed by atoms with E-state index in [0.29, 0.717) is 4.68 Å². The Morgan fingerprint density at radius 1 is 1.46 bits per heavy atom. The smallest absolute Gasteiger partial charge is 0.407 e.